The van der Waals surface area contributed by atoms with Crippen LogP contribution >= 0.6 is 0 Å². The molecule has 2 aromatic carbocycles. The van der Waals surface area contributed by atoms with E-state index in [9.17, 15) is 14.4 Å². The molecule has 1 aliphatic heterocycles. The standard InChI is InChI=1S/C28H27N3O4/c1-18-15-22(19(2)30(18)14-13-20-9-5-4-6-10-20)23(32)17-31-26(33)28(3,29-27(31)34)25-16-21-11-7-8-12-24(21)35-25/h4-12,15-16H,13-14,17H2,1-3H3,(H,29,34). The first-order valence-electron chi connectivity index (χ1n) is 11.6. The molecule has 0 bridgehead atoms. The van der Waals surface area contributed by atoms with E-state index in [1.165, 1.54) is 5.56 Å². The first kappa shape index (κ1) is 22.7. The molecule has 178 valence electrons. The third-order valence-corrected chi connectivity index (χ3v) is 6.84. The molecule has 3 heterocycles. The van der Waals surface area contributed by atoms with Gasteiger partial charge in [-0.1, -0.05) is 48.5 Å². The third-order valence-electron chi connectivity index (χ3n) is 6.84. The summed E-state index contributed by atoms with van der Waals surface area (Å²) in [7, 11) is 0. The molecule has 4 aromatic rings. The van der Waals surface area contributed by atoms with Gasteiger partial charge in [-0.25, -0.2) is 4.79 Å². The topological polar surface area (TPSA) is 84.6 Å². The van der Waals surface area contributed by atoms with E-state index in [4.69, 9.17) is 4.42 Å². The van der Waals surface area contributed by atoms with Gasteiger partial charge in [0.1, 0.15) is 11.3 Å². The number of aromatic nitrogens is 1. The highest BCUT2D eigenvalue weighted by molar-refractivity contribution is 6.11. The van der Waals surface area contributed by atoms with Gasteiger partial charge in [-0.05, 0) is 51.0 Å². The first-order valence-corrected chi connectivity index (χ1v) is 11.6. The molecule has 1 saturated heterocycles. The molecule has 1 atom stereocenters. The van der Waals surface area contributed by atoms with Gasteiger partial charge in [0.25, 0.3) is 5.91 Å². The summed E-state index contributed by atoms with van der Waals surface area (Å²) < 4.78 is 7.96. The zero-order valence-electron chi connectivity index (χ0n) is 20.0. The summed E-state index contributed by atoms with van der Waals surface area (Å²) >= 11 is 0. The van der Waals surface area contributed by atoms with Crippen molar-refractivity contribution in [3.05, 3.63) is 95.0 Å². The van der Waals surface area contributed by atoms with Crippen molar-refractivity contribution >= 4 is 28.7 Å². The number of amides is 3. The third kappa shape index (κ3) is 3.93. The Bertz CT molecular complexity index is 1420. The lowest BCUT2D eigenvalue weighted by Gasteiger charge is -2.18. The Morgan fingerprint density at radius 2 is 1.71 bits per heavy atom. The van der Waals surface area contributed by atoms with Crippen LogP contribution in [-0.4, -0.2) is 33.7 Å². The molecular weight excluding hydrogens is 442 g/mol. The number of carbonyl (C=O) groups excluding carboxylic acids is 3. The van der Waals surface area contributed by atoms with Crippen molar-refractivity contribution < 1.29 is 18.8 Å². The van der Waals surface area contributed by atoms with Crippen LogP contribution < -0.4 is 5.32 Å². The number of nitrogens with zero attached hydrogens (tertiary/aromatic N) is 2. The van der Waals surface area contributed by atoms with Crippen LogP contribution in [0, 0.1) is 13.8 Å². The fourth-order valence-electron chi connectivity index (χ4n) is 4.78. The number of urea groups is 1. The maximum atomic E-state index is 13.3. The molecule has 7 heteroatoms. The van der Waals surface area contributed by atoms with Gasteiger partial charge in [-0.2, -0.15) is 0 Å². The largest absolute Gasteiger partial charge is 0.458 e. The predicted octanol–water partition coefficient (Wildman–Crippen LogP) is 4.74. The quantitative estimate of drug-likeness (QED) is 0.313. The highest BCUT2D eigenvalue weighted by Gasteiger charge is 2.51. The minimum absolute atomic E-state index is 0.276. The molecule has 0 aliphatic carbocycles. The van der Waals surface area contributed by atoms with Gasteiger partial charge >= 0.3 is 6.03 Å². The monoisotopic (exact) mass is 469 g/mol. The molecule has 1 fully saturated rings. The van der Waals surface area contributed by atoms with Crippen LogP contribution in [-0.2, 0) is 23.3 Å². The number of nitrogens with one attached hydrogen (secondary N) is 1. The number of hydrogen-bond donors (Lipinski definition) is 1. The highest BCUT2D eigenvalue weighted by atomic mass is 16.3. The van der Waals surface area contributed by atoms with Crippen molar-refractivity contribution in [1.82, 2.24) is 14.8 Å². The Morgan fingerprint density at radius 1 is 1.00 bits per heavy atom. The van der Waals surface area contributed by atoms with Crippen LogP contribution in [0.5, 0.6) is 0 Å². The summed E-state index contributed by atoms with van der Waals surface area (Å²) in [6, 6.07) is 20.5. The number of carbonyl (C=O) groups is 3. The fraction of sp³-hybridized carbons (Fsp3) is 0.250. The van der Waals surface area contributed by atoms with Gasteiger partial charge in [0.2, 0.25) is 0 Å². The van der Waals surface area contributed by atoms with Crippen molar-refractivity contribution in [2.45, 2.75) is 39.3 Å². The number of ketones is 1. The predicted molar refractivity (Wildman–Crippen MR) is 132 cm³/mol. The second-order valence-corrected chi connectivity index (χ2v) is 9.19. The number of hydrogen-bond acceptors (Lipinski definition) is 4. The number of benzene rings is 2. The first-order chi connectivity index (χ1) is 16.8. The zero-order valence-corrected chi connectivity index (χ0v) is 20.0. The average Bonchev–Trinajstić information content (AvgIpc) is 3.48. The van der Waals surface area contributed by atoms with E-state index in [0.29, 0.717) is 16.9 Å². The number of rotatable bonds is 7. The molecular formula is C28H27N3O4. The molecule has 7 nitrogen and oxygen atoms in total. The van der Waals surface area contributed by atoms with Gasteiger partial charge in [0, 0.05) is 28.9 Å². The van der Waals surface area contributed by atoms with E-state index in [0.717, 1.165) is 34.6 Å². The number of para-hydroxylation sites is 1. The van der Waals surface area contributed by atoms with E-state index in [1.807, 2.05) is 56.3 Å². The summed E-state index contributed by atoms with van der Waals surface area (Å²) in [5, 5.41) is 3.56. The van der Waals surface area contributed by atoms with Crippen molar-refractivity contribution in [1.29, 1.82) is 0 Å². The molecule has 1 unspecified atom stereocenters. The Labute approximate surface area is 203 Å². The van der Waals surface area contributed by atoms with E-state index in [2.05, 4.69) is 22.0 Å². The maximum Gasteiger partial charge on any atom is 0.325 e. The summed E-state index contributed by atoms with van der Waals surface area (Å²) in [5.74, 6) is -0.444. The molecule has 0 saturated carbocycles. The Morgan fingerprint density at radius 3 is 2.46 bits per heavy atom. The maximum absolute atomic E-state index is 13.3. The summed E-state index contributed by atoms with van der Waals surface area (Å²) in [4.78, 5) is 40.3. The van der Waals surface area contributed by atoms with Crippen molar-refractivity contribution in [2.24, 2.45) is 0 Å². The number of fused-ring (bicyclic) bond motifs is 1. The normalized spacial score (nSPS) is 17.9. The number of furan rings is 1. The van der Waals surface area contributed by atoms with Gasteiger partial charge in [-0.15, -0.1) is 0 Å². The lowest BCUT2D eigenvalue weighted by Crippen LogP contribution is -2.41. The van der Waals surface area contributed by atoms with Crippen molar-refractivity contribution in [3.63, 3.8) is 0 Å². The molecule has 35 heavy (non-hydrogen) atoms. The highest BCUT2D eigenvalue weighted by Crippen LogP contribution is 2.33. The Hall–Kier alpha value is -4.13. The van der Waals surface area contributed by atoms with E-state index in [1.54, 1.807) is 19.1 Å². The van der Waals surface area contributed by atoms with E-state index in [-0.39, 0.29) is 12.3 Å². The molecule has 3 amide bonds. The molecule has 1 aliphatic rings. The van der Waals surface area contributed by atoms with Crippen LogP contribution in [0.25, 0.3) is 11.0 Å². The van der Waals surface area contributed by atoms with Crippen LogP contribution in [0.3, 0.4) is 0 Å². The van der Waals surface area contributed by atoms with Crippen LogP contribution in [0.1, 0.15) is 40.0 Å². The second-order valence-electron chi connectivity index (χ2n) is 9.19. The summed E-state index contributed by atoms with van der Waals surface area (Å²) in [6.45, 7) is 5.87. The number of aryl methyl sites for hydroxylation is 2. The minimum Gasteiger partial charge on any atom is -0.458 e. The van der Waals surface area contributed by atoms with Crippen molar-refractivity contribution in [2.75, 3.05) is 6.54 Å². The molecule has 0 spiro atoms. The molecule has 2 aromatic heterocycles. The van der Waals surface area contributed by atoms with Crippen LogP contribution in [0.2, 0.25) is 0 Å². The van der Waals surface area contributed by atoms with E-state index < -0.39 is 17.5 Å². The Kier molecular flexibility index (Phi) is 5.55. The van der Waals surface area contributed by atoms with E-state index >= 15 is 0 Å². The van der Waals surface area contributed by atoms with Gasteiger partial charge < -0.3 is 14.3 Å². The van der Waals surface area contributed by atoms with Gasteiger partial charge in [-0.3, -0.25) is 14.5 Å². The summed E-state index contributed by atoms with van der Waals surface area (Å²) in [5.41, 5.74) is 2.79. The number of imide groups is 1. The molecule has 5 rings (SSSR count). The molecule has 1 N–H and O–H groups in total. The van der Waals surface area contributed by atoms with Crippen molar-refractivity contribution in [3.8, 4) is 0 Å². The van der Waals surface area contributed by atoms with Crippen LogP contribution in [0.4, 0.5) is 4.79 Å². The average molecular weight is 470 g/mol. The van der Waals surface area contributed by atoms with Gasteiger partial charge in [0.15, 0.2) is 11.3 Å². The molecule has 0 radical (unpaired) electrons. The minimum atomic E-state index is -1.37. The lowest BCUT2D eigenvalue weighted by atomic mass is 9.98. The number of Topliss-reactive ketones (excluding diaryl/α,β-unsaturated/α-hetero) is 1. The lowest BCUT2D eigenvalue weighted by molar-refractivity contribution is -0.131. The zero-order chi connectivity index (χ0) is 24.7. The Balaban J connectivity index is 1.34. The summed E-state index contributed by atoms with van der Waals surface area (Å²) in [6.07, 6.45) is 0.841. The SMILES string of the molecule is Cc1cc(C(=O)CN2C(=O)NC(C)(c3cc4ccccc4o3)C2=O)c(C)n1CCc1ccccc1. The smallest absolute Gasteiger partial charge is 0.325 e. The second kappa shape index (κ2) is 8.58. The van der Waals surface area contributed by atoms with Crippen LogP contribution in [0.15, 0.2) is 71.1 Å². The fourth-order valence-corrected chi connectivity index (χ4v) is 4.78. The van der Waals surface area contributed by atoms with Gasteiger partial charge in [0.05, 0.1) is 6.54 Å².